The Hall–Kier alpha value is -2.51. The molecule has 23 heavy (non-hydrogen) atoms. The second-order valence-electron chi connectivity index (χ2n) is 6.70. The van der Waals surface area contributed by atoms with E-state index < -0.39 is 5.60 Å². The maximum Gasteiger partial charge on any atom is 0.407 e. The van der Waals surface area contributed by atoms with E-state index in [0.717, 1.165) is 18.8 Å². The monoisotopic (exact) mass is 318 g/mol. The fraction of sp³-hybridized carbons (Fsp3) is 0.533. The molecule has 0 aliphatic carbocycles. The van der Waals surface area contributed by atoms with Crippen molar-refractivity contribution in [2.75, 3.05) is 23.7 Å². The first-order valence-electron chi connectivity index (χ1n) is 7.67. The van der Waals surface area contributed by atoms with Gasteiger partial charge in [0, 0.05) is 13.1 Å². The first-order valence-corrected chi connectivity index (χ1v) is 7.67. The molecular weight excluding hydrogens is 296 g/mol. The summed E-state index contributed by atoms with van der Waals surface area (Å²) in [5, 5.41) is 7.14. The summed E-state index contributed by atoms with van der Waals surface area (Å²) in [7, 11) is 0. The number of nitrogens with two attached hydrogens (primary N) is 1. The van der Waals surface area contributed by atoms with Crippen LogP contribution in [-0.2, 0) is 4.74 Å². The van der Waals surface area contributed by atoms with Crippen LogP contribution in [0.5, 0.6) is 0 Å². The van der Waals surface area contributed by atoms with Gasteiger partial charge in [-0.25, -0.2) is 4.79 Å². The Morgan fingerprint density at radius 2 is 2.22 bits per heavy atom. The quantitative estimate of drug-likeness (QED) is 0.869. The lowest BCUT2D eigenvalue weighted by molar-refractivity contribution is 0.0509. The molecule has 1 amide bonds. The summed E-state index contributed by atoms with van der Waals surface area (Å²) in [6.07, 6.45) is 0.465. The fourth-order valence-electron chi connectivity index (χ4n) is 2.71. The van der Waals surface area contributed by atoms with Crippen LogP contribution in [0, 0.1) is 0 Å². The largest absolute Gasteiger partial charge is 0.444 e. The SMILES string of the molecule is CC(C)(C)OC(=O)N[C@@H]1CCN(c2cccc3nc(N)nn23)C1. The molecule has 0 spiro atoms. The number of nitrogen functional groups attached to an aromatic ring is 1. The third-order valence-corrected chi connectivity index (χ3v) is 3.59. The molecule has 0 saturated carbocycles. The normalized spacial score (nSPS) is 18.4. The van der Waals surface area contributed by atoms with E-state index in [1.807, 2.05) is 39.0 Å². The van der Waals surface area contributed by atoms with Crippen LogP contribution in [0.1, 0.15) is 27.2 Å². The van der Waals surface area contributed by atoms with E-state index in [1.54, 1.807) is 4.52 Å². The Morgan fingerprint density at radius 3 is 2.96 bits per heavy atom. The summed E-state index contributed by atoms with van der Waals surface area (Å²) >= 11 is 0. The Morgan fingerprint density at radius 1 is 1.43 bits per heavy atom. The van der Waals surface area contributed by atoms with Gasteiger partial charge < -0.3 is 20.7 Å². The minimum atomic E-state index is -0.494. The number of fused-ring (bicyclic) bond motifs is 1. The van der Waals surface area contributed by atoms with Crippen LogP contribution < -0.4 is 16.0 Å². The average molecular weight is 318 g/mol. The maximum atomic E-state index is 11.9. The molecule has 8 nitrogen and oxygen atoms in total. The van der Waals surface area contributed by atoms with Crippen molar-refractivity contribution in [1.29, 1.82) is 0 Å². The molecule has 2 aromatic rings. The Balaban J connectivity index is 1.68. The van der Waals surface area contributed by atoms with Crippen molar-refractivity contribution < 1.29 is 9.53 Å². The van der Waals surface area contributed by atoms with Gasteiger partial charge in [-0.1, -0.05) is 6.07 Å². The molecule has 3 rings (SSSR count). The molecule has 0 unspecified atom stereocenters. The van der Waals surface area contributed by atoms with Gasteiger partial charge in [0.1, 0.15) is 11.4 Å². The maximum absolute atomic E-state index is 11.9. The van der Waals surface area contributed by atoms with E-state index in [0.29, 0.717) is 12.2 Å². The third-order valence-electron chi connectivity index (χ3n) is 3.59. The number of nitrogens with zero attached hydrogens (tertiary/aromatic N) is 4. The molecule has 0 bridgehead atoms. The number of alkyl carbamates (subject to hydrolysis) is 1. The van der Waals surface area contributed by atoms with Gasteiger partial charge in [-0.3, -0.25) is 0 Å². The van der Waals surface area contributed by atoms with Crippen LogP contribution in [0.25, 0.3) is 5.65 Å². The van der Waals surface area contributed by atoms with Gasteiger partial charge in [-0.05, 0) is 39.3 Å². The van der Waals surface area contributed by atoms with E-state index in [-0.39, 0.29) is 18.1 Å². The standard InChI is InChI=1S/C15H22N6O2/c1-15(2,3)23-14(22)17-10-7-8-20(9-10)12-6-4-5-11-18-13(16)19-21(11)12/h4-6,10H,7-9H2,1-3H3,(H2,16,19)(H,17,22)/t10-/m1/s1. The molecule has 8 heteroatoms. The van der Waals surface area contributed by atoms with Crippen molar-refractivity contribution in [3.8, 4) is 0 Å². The summed E-state index contributed by atoms with van der Waals surface area (Å²) in [4.78, 5) is 18.2. The predicted molar refractivity (Wildman–Crippen MR) is 87.4 cm³/mol. The molecule has 1 fully saturated rings. The van der Waals surface area contributed by atoms with Crippen LogP contribution in [0.4, 0.5) is 16.6 Å². The number of pyridine rings is 1. The van der Waals surface area contributed by atoms with Crippen LogP contribution in [0.3, 0.4) is 0 Å². The summed E-state index contributed by atoms with van der Waals surface area (Å²) in [6.45, 7) is 7.06. The highest BCUT2D eigenvalue weighted by molar-refractivity contribution is 5.68. The zero-order valence-electron chi connectivity index (χ0n) is 13.6. The minimum Gasteiger partial charge on any atom is -0.444 e. The molecule has 1 aliphatic rings. The van der Waals surface area contributed by atoms with Crippen molar-refractivity contribution in [3.63, 3.8) is 0 Å². The number of hydrogen-bond donors (Lipinski definition) is 2. The fourth-order valence-corrected chi connectivity index (χ4v) is 2.71. The number of carbonyl (C=O) groups excluding carboxylic acids is 1. The van der Waals surface area contributed by atoms with E-state index in [2.05, 4.69) is 20.3 Å². The number of amides is 1. The lowest BCUT2D eigenvalue weighted by atomic mass is 10.2. The molecule has 0 radical (unpaired) electrons. The van der Waals surface area contributed by atoms with Gasteiger partial charge in [0.25, 0.3) is 0 Å². The number of carbonyl (C=O) groups is 1. The summed E-state index contributed by atoms with van der Waals surface area (Å²) < 4.78 is 7.03. The summed E-state index contributed by atoms with van der Waals surface area (Å²) in [5.74, 6) is 1.17. The van der Waals surface area contributed by atoms with Crippen molar-refractivity contribution >= 4 is 23.5 Å². The second kappa shape index (κ2) is 5.60. The van der Waals surface area contributed by atoms with Crippen molar-refractivity contribution in [1.82, 2.24) is 19.9 Å². The molecule has 1 aliphatic heterocycles. The zero-order chi connectivity index (χ0) is 16.6. The van der Waals surface area contributed by atoms with Crippen molar-refractivity contribution in [2.24, 2.45) is 0 Å². The summed E-state index contributed by atoms with van der Waals surface area (Å²) in [5.41, 5.74) is 5.89. The predicted octanol–water partition coefficient (Wildman–Crippen LogP) is 1.41. The highest BCUT2D eigenvalue weighted by Gasteiger charge is 2.27. The van der Waals surface area contributed by atoms with Crippen molar-refractivity contribution in [3.05, 3.63) is 18.2 Å². The number of anilines is 2. The zero-order valence-corrected chi connectivity index (χ0v) is 13.6. The van der Waals surface area contributed by atoms with Gasteiger partial charge in [0.15, 0.2) is 5.65 Å². The first kappa shape index (κ1) is 15.4. The molecule has 1 saturated heterocycles. The number of nitrogens with one attached hydrogen (secondary N) is 1. The molecule has 124 valence electrons. The molecule has 2 aromatic heterocycles. The van der Waals surface area contributed by atoms with E-state index in [4.69, 9.17) is 10.5 Å². The van der Waals surface area contributed by atoms with Gasteiger partial charge in [-0.15, -0.1) is 5.10 Å². The number of aromatic nitrogens is 3. The number of rotatable bonds is 2. The smallest absolute Gasteiger partial charge is 0.407 e. The first-order chi connectivity index (χ1) is 10.8. The second-order valence-corrected chi connectivity index (χ2v) is 6.70. The lowest BCUT2D eigenvalue weighted by Crippen LogP contribution is -2.40. The molecule has 0 aromatic carbocycles. The van der Waals surface area contributed by atoms with E-state index in [9.17, 15) is 4.79 Å². The number of ether oxygens (including phenoxy) is 1. The van der Waals surface area contributed by atoms with E-state index in [1.165, 1.54) is 0 Å². The van der Waals surface area contributed by atoms with Crippen LogP contribution in [-0.4, -0.2) is 45.4 Å². The van der Waals surface area contributed by atoms with Crippen LogP contribution in [0.15, 0.2) is 18.2 Å². The number of hydrogen-bond acceptors (Lipinski definition) is 6. The van der Waals surface area contributed by atoms with E-state index >= 15 is 0 Å². The molecule has 1 atom stereocenters. The Kier molecular flexibility index (Phi) is 3.75. The molecule has 3 N–H and O–H groups in total. The average Bonchev–Trinajstić information content (AvgIpc) is 3.01. The Labute approximate surface area is 134 Å². The van der Waals surface area contributed by atoms with Crippen molar-refractivity contribution in [2.45, 2.75) is 38.8 Å². The highest BCUT2D eigenvalue weighted by Crippen LogP contribution is 2.21. The van der Waals surface area contributed by atoms with Crippen LogP contribution >= 0.6 is 0 Å². The molecule has 3 heterocycles. The topological polar surface area (TPSA) is 97.8 Å². The molecular formula is C15H22N6O2. The van der Waals surface area contributed by atoms with Gasteiger partial charge in [0.05, 0.1) is 6.04 Å². The highest BCUT2D eigenvalue weighted by atomic mass is 16.6. The third kappa shape index (κ3) is 3.46. The van der Waals surface area contributed by atoms with Gasteiger partial charge >= 0.3 is 6.09 Å². The minimum absolute atomic E-state index is 0.0426. The Bertz CT molecular complexity index is 720. The van der Waals surface area contributed by atoms with Gasteiger partial charge in [0.2, 0.25) is 5.95 Å². The van der Waals surface area contributed by atoms with Gasteiger partial charge in [-0.2, -0.15) is 9.50 Å². The summed E-state index contributed by atoms with van der Waals surface area (Å²) in [6, 6.07) is 5.80. The lowest BCUT2D eigenvalue weighted by Gasteiger charge is -2.22. The van der Waals surface area contributed by atoms with Crippen LogP contribution in [0.2, 0.25) is 0 Å².